The van der Waals surface area contributed by atoms with Gasteiger partial charge in [0.25, 0.3) is 11.4 Å². The monoisotopic (exact) mass is 496 g/mol. The van der Waals surface area contributed by atoms with Crippen molar-refractivity contribution in [1.29, 1.82) is 0 Å². The predicted molar refractivity (Wildman–Crippen MR) is 129 cm³/mol. The predicted octanol–water partition coefficient (Wildman–Crippen LogP) is 2.93. The lowest BCUT2D eigenvalue weighted by molar-refractivity contribution is -0.0292. The van der Waals surface area contributed by atoms with E-state index in [1.807, 2.05) is 13.8 Å². The molecule has 36 heavy (non-hydrogen) atoms. The highest BCUT2D eigenvalue weighted by Crippen LogP contribution is 2.38. The number of imidazole rings is 1. The molecule has 1 N–H and O–H groups in total. The highest BCUT2D eigenvalue weighted by Gasteiger charge is 2.36. The zero-order chi connectivity index (χ0) is 25.0. The van der Waals surface area contributed by atoms with Crippen LogP contribution in [0.1, 0.15) is 51.5 Å². The molecule has 2 aliphatic heterocycles. The van der Waals surface area contributed by atoms with Crippen molar-refractivity contribution in [3.63, 3.8) is 0 Å². The quantitative estimate of drug-likeness (QED) is 0.449. The Kier molecular flexibility index (Phi) is 5.66. The van der Waals surface area contributed by atoms with Crippen molar-refractivity contribution in [1.82, 2.24) is 29.0 Å². The van der Waals surface area contributed by atoms with Crippen LogP contribution in [0.5, 0.6) is 0 Å². The molecule has 2 aliphatic rings. The lowest BCUT2D eigenvalue weighted by Gasteiger charge is -2.29. The molecule has 0 radical (unpaired) electrons. The topological polar surface area (TPSA) is 111 Å². The van der Waals surface area contributed by atoms with Crippen LogP contribution in [0.2, 0.25) is 0 Å². The molecular formula is C25H29FN6O4. The average molecular weight is 497 g/mol. The van der Waals surface area contributed by atoms with Crippen molar-refractivity contribution in [2.24, 2.45) is 0 Å². The first kappa shape index (κ1) is 23.3. The van der Waals surface area contributed by atoms with E-state index in [0.717, 1.165) is 25.9 Å². The van der Waals surface area contributed by atoms with Crippen molar-refractivity contribution < 1.29 is 18.8 Å². The molecule has 190 valence electrons. The summed E-state index contributed by atoms with van der Waals surface area (Å²) >= 11 is 0. The summed E-state index contributed by atoms with van der Waals surface area (Å²) in [4.78, 5) is 24.9. The van der Waals surface area contributed by atoms with Crippen molar-refractivity contribution in [2.45, 2.75) is 63.9 Å². The fraction of sp³-hybridized carbons (Fsp3) is 0.520. The number of nitrogens with zero attached hydrogens (tertiary/aromatic N) is 6. The minimum absolute atomic E-state index is 0.199. The second-order valence-corrected chi connectivity index (χ2v) is 10.3. The van der Waals surface area contributed by atoms with E-state index in [1.54, 1.807) is 16.5 Å². The Hall–Kier alpha value is -3.15. The number of para-hydroxylation sites is 1. The number of fused-ring (bicyclic) bond motifs is 3. The standard InChI is InChI=1S/C25H29FN6O4/c1-25(2)9-6-18(35-25)23-28-22(29-36-23)19-21-24(34)31(13-12-30-10-7-15(33)8-11-30)20-16(26)4-3-5-17(20)32(21)14-27-19/h3-5,14-15,18,33H,6-13H2,1-2H3. The Morgan fingerprint density at radius 3 is 2.72 bits per heavy atom. The molecule has 0 aliphatic carbocycles. The summed E-state index contributed by atoms with van der Waals surface area (Å²) in [6, 6.07) is 4.73. The van der Waals surface area contributed by atoms with Gasteiger partial charge in [-0.15, -0.1) is 0 Å². The van der Waals surface area contributed by atoms with E-state index in [0.29, 0.717) is 37.3 Å². The number of aromatic nitrogens is 5. The van der Waals surface area contributed by atoms with Gasteiger partial charge >= 0.3 is 0 Å². The average Bonchev–Trinajstić information content (AvgIpc) is 3.58. The van der Waals surface area contributed by atoms with Crippen LogP contribution in [0.4, 0.5) is 4.39 Å². The van der Waals surface area contributed by atoms with Gasteiger partial charge in [0.2, 0.25) is 5.82 Å². The smallest absolute Gasteiger partial charge is 0.277 e. The third-order valence-electron chi connectivity index (χ3n) is 7.31. The second kappa shape index (κ2) is 8.75. The zero-order valence-electron chi connectivity index (χ0n) is 20.4. The van der Waals surface area contributed by atoms with Crippen molar-refractivity contribution >= 4 is 16.6 Å². The minimum atomic E-state index is -0.473. The number of aliphatic hydroxyl groups excluding tert-OH is 1. The summed E-state index contributed by atoms with van der Waals surface area (Å²) in [6.07, 6.45) is 3.94. The van der Waals surface area contributed by atoms with Gasteiger partial charge in [0.1, 0.15) is 35.0 Å². The van der Waals surface area contributed by atoms with Gasteiger partial charge in [-0.1, -0.05) is 11.2 Å². The van der Waals surface area contributed by atoms with Gasteiger partial charge < -0.3 is 23.8 Å². The first-order chi connectivity index (χ1) is 17.3. The van der Waals surface area contributed by atoms with Crippen LogP contribution in [0.25, 0.3) is 28.1 Å². The maximum absolute atomic E-state index is 15.0. The van der Waals surface area contributed by atoms with Crippen LogP contribution >= 0.6 is 0 Å². The van der Waals surface area contributed by atoms with Crippen LogP contribution in [0.15, 0.2) is 33.8 Å². The first-order valence-corrected chi connectivity index (χ1v) is 12.4. The number of ether oxygens (including phenoxy) is 1. The van der Waals surface area contributed by atoms with Gasteiger partial charge in [-0.25, -0.2) is 9.37 Å². The largest absolute Gasteiger partial charge is 0.393 e. The normalized spacial score (nSPS) is 21.2. The summed E-state index contributed by atoms with van der Waals surface area (Å²) < 4.78 is 29.6. The number of likely N-dealkylation sites (tertiary alicyclic amines) is 1. The third kappa shape index (κ3) is 4.00. The maximum atomic E-state index is 15.0. The summed E-state index contributed by atoms with van der Waals surface area (Å²) in [7, 11) is 0. The Labute approximate surface area is 206 Å². The van der Waals surface area contributed by atoms with Gasteiger partial charge in [0.15, 0.2) is 0 Å². The molecule has 4 aromatic rings. The second-order valence-electron chi connectivity index (χ2n) is 10.3. The minimum Gasteiger partial charge on any atom is -0.393 e. The van der Waals surface area contributed by atoms with Crippen LogP contribution in [-0.2, 0) is 11.3 Å². The summed E-state index contributed by atoms with van der Waals surface area (Å²) in [5.74, 6) is 0.0834. The van der Waals surface area contributed by atoms with E-state index >= 15 is 4.39 Å². The van der Waals surface area contributed by atoms with Gasteiger partial charge in [-0.3, -0.25) is 9.20 Å². The summed E-state index contributed by atoms with van der Waals surface area (Å²) in [5.41, 5.74) is 0.675. The molecule has 1 atom stereocenters. The third-order valence-corrected chi connectivity index (χ3v) is 7.31. The number of hydrogen-bond donors (Lipinski definition) is 1. The van der Waals surface area contributed by atoms with E-state index in [9.17, 15) is 9.90 Å². The molecule has 1 unspecified atom stereocenters. The fourth-order valence-electron chi connectivity index (χ4n) is 5.31. The van der Waals surface area contributed by atoms with E-state index in [-0.39, 0.29) is 45.9 Å². The molecule has 5 heterocycles. The van der Waals surface area contributed by atoms with E-state index in [2.05, 4.69) is 20.0 Å². The number of benzene rings is 1. The molecule has 0 spiro atoms. The Bertz CT molecular complexity index is 1480. The van der Waals surface area contributed by atoms with Gasteiger partial charge in [-0.2, -0.15) is 4.98 Å². The number of rotatable bonds is 5. The summed E-state index contributed by atoms with van der Waals surface area (Å²) in [5, 5.41) is 13.9. The van der Waals surface area contributed by atoms with Crippen LogP contribution in [-0.4, -0.2) is 65.4 Å². The maximum Gasteiger partial charge on any atom is 0.277 e. The van der Waals surface area contributed by atoms with Crippen LogP contribution < -0.4 is 5.56 Å². The van der Waals surface area contributed by atoms with Crippen LogP contribution in [0, 0.1) is 5.82 Å². The number of hydrogen-bond acceptors (Lipinski definition) is 8. The van der Waals surface area contributed by atoms with E-state index in [1.165, 1.54) is 17.0 Å². The lowest BCUT2D eigenvalue weighted by atomic mass is 10.1. The Morgan fingerprint density at radius 1 is 1.17 bits per heavy atom. The van der Waals surface area contributed by atoms with Gasteiger partial charge in [-0.05, 0) is 51.7 Å². The van der Waals surface area contributed by atoms with Gasteiger partial charge in [0.05, 0.1) is 17.2 Å². The molecule has 0 saturated carbocycles. The zero-order valence-corrected chi connectivity index (χ0v) is 20.4. The number of aliphatic hydroxyl groups is 1. The van der Waals surface area contributed by atoms with E-state index in [4.69, 9.17) is 9.26 Å². The lowest BCUT2D eigenvalue weighted by Crippen LogP contribution is -2.39. The molecular weight excluding hydrogens is 467 g/mol. The first-order valence-electron chi connectivity index (χ1n) is 12.4. The molecule has 11 heteroatoms. The molecule has 2 fully saturated rings. The highest BCUT2D eigenvalue weighted by molar-refractivity contribution is 5.84. The Morgan fingerprint density at radius 2 is 1.97 bits per heavy atom. The summed E-state index contributed by atoms with van der Waals surface area (Å²) in [6.45, 7) is 6.38. The molecule has 6 rings (SSSR count). The molecule has 2 saturated heterocycles. The molecule has 0 amide bonds. The SMILES string of the molecule is CC1(C)CCC(c2nc(-c3ncn4c3c(=O)n(CCN3CCC(O)CC3)c3c(F)cccc34)no2)O1. The van der Waals surface area contributed by atoms with E-state index < -0.39 is 5.82 Å². The number of piperidine rings is 1. The Balaban J connectivity index is 1.41. The van der Waals surface area contributed by atoms with Gasteiger partial charge in [0, 0.05) is 26.2 Å². The molecule has 1 aromatic carbocycles. The highest BCUT2D eigenvalue weighted by atomic mass is 19.1. The molecule has 3 aromatic heterocycles. The van der Waals surface area contributed by atoms with Crippen molar-refractivity contribution in [3.05, 3.63) is 46.6 Å². The molecule has 10 nitrogen and oxygen atoms in total. The number of halogens is 1. The molecule has 0 bridgehead atoms. The fourth-order valence-corrected chi connectivity index (χ4v) is 5.31. The van der Waals surface area contributed by atoms with Crippen molar-refractivity contribution in [2.75, 3.05) is 19.6 Å². The van der Waals surface area contributed by atoms with Crippen molar-refractivity contribution in [3.8, 4) is 11.5 Å². The van der Waals surface area contributed by atoms with Crippen LogP contribution in [0.3, 0.4) is 0 Å².